The van der Waals surface area contributed by atoms with E-state index in [0.29, 0.717) is 15.9 Å². The molecule has 66 valence electrons. The average Bonchev–Trinajstić information content (AvgIpc) is 2.31. The molecule has 1 rings (SSSR count). The second-order valence-corrected chi connectivity index (χ2v) is 3.88. The minimum atomic E-state index is -0.0413. The molecule has 1 aromatic rings. The zero-order valence-corrected chi connectivity index (χ0v) is 8.42. The largest absolute Gasteiger partial charge is 0.302 e. The Morgan fingerprint density at radius 1 is 1.75 bits per heavy atom. The summed E-state index contributed by atoms with van der Waals surface area (Å²) < 4.78 is 0.626. The Kier molecular flexibility index (Phi) is 3.05. The lowest BCUT2D eigenvalue weighted by Crippen LogP contribution is -2.08. The first kappa shape index (κ1) is 9.48. The zero-order chi connectivity index (χ0) is 9.14. The monoisotopic (exact) mass is 204 g/mol. The van der Waals surface area contributed by atoms with Gasteiger partial charge in [-0.15, -0.1) is 0 Å². The van der Waals surface area contributed by atoms with Crippen LogP contribution in [0.1, 0.15) is 19.0 Å². The van der Waals surface area contributed by atoms with Gasteiger partial charge in [0.15, 0.2) is 5.13 Å². The quantitative estimate of drug-likeness (QED) is 0.804. The van der Waals surface area contributed by atoms with Crippen molar-refractivity contribution in [3.8, 4) is 0 Å². The highest BCUT2D eigenvalue weighted by atomic mass is 35.5. The molecule has 0 aromatic carbocycles. The number of aromatic nitrogens is 1. The number of nitrogens with zero attached hydrogens (tertiary/aromatic N) is 1. The van der Waals surface area contributed by atoms with E-state index in [1.165, 1.54) is 11.3 Å². The Balaban J connectivity index is 2.70. The van der Waals surface area contributed by atoms with Gasteiger partial charge in [-0.25, -0.2) is 4.98 Å². The number of carbonyl (C=O) groups excluding carboxylic acids is 1. The average molecular weight is 205 g/mol. The normalized spacial score (nSPS) is 9.92. The number of hydrogen-bond acceptors (Lipinski definition) is 3. The molecule has 0 radical (unpaired) electrons. The third-order valence-electron chi connectivity index (χ3n) is 1.31. The molecule has 1 amide bonds. The van der Waals surface area contributed by atoms with Crippen molar-refractivity contribution in [1.82, 2.24) is 4.98 Å². The van der Waals surface area contributed by atoms with Crippen LogP contribution in [-0.2, 0) is 4.79 Å². The molecule has 0 spiro atoms. The van der Waals surface area contributed by atoms with Crippen molar-refractivity contribution in [2.24, 2.45) is 0 Å². The fraction of sp³-hybridized carbons (Fsp3) is 0.429. The van der Waals surface area contributed by atoms with E-state index in [4.69, 9.17) is 11.6 Å². The van der Waals surface area contributed by atoms with Crippen LogP contribution >= 0.6 is 22.9 Å². The molecule has 12 heavy (non-hydrogen) atoms. The number of amides is 1. The summed E-state index contributed by atoms with van der Waals surface area (Å²) >= 11 is 7.04. The number of anilines is 1. The van der Waals surface area contributed by atoms with Gasteiger partial charge in [0, 0.05) is 6.42 Å². The van der Waals surface area contributed by atoms with Gasteiger partial charge in [-0.05, 0) is 6.92 Å². The Labute approximate surface area is 79.8 Å². The number of nitrogens with one attached hydrogen (secondary N) is 1. The van der Waals surface area contributed by atoms with Crippen LogP contribution < -0.4 is 5.32 Å². The van der Waals surface area contributed by atoms with Crippen molar-refractivity contribution >= 4 is 34.0 Å². The zero-order valence-electron chi connectivity index (χ0n) is 6.85. The first-order valence-electron chi connectivity index (χ1n) is 3.56. The first-order chi connectivity index (χ1) is 5.63. The highest BCUT2D eigenvalue weighted by molar-refractivity contribution is 7.19. The van der Waals surface area contributed by atoms with Crippen LogP contribution in [0.15, 0.2) is 0 Å². The molecule has 1 heterocycles. The van der Waals surface area contributed by atoms with E-state index < -0.39 is 0 Å². The molecule has 0 bridgehead atoms. The van der Waals surface area contributed by atoms with Gasteiger partial charge in [-0.1, -0.05) is 29.9 Å². The molecule has 0 saturated carbocycles. The molecule has 0 aliphatic rings. The summed E-state index contributed by atoms with van der Waals surface area (Å²) in [5.41, 5.74) is 0.757. The van der Waals surface area contributed by atoms with Crippen molar-refractivity contribution < 1.29 is 4.79 Å². The molecule has 0 unspecified atom stereocenters. The molecule has 1 N–H and O–H groups in total. The van der Waals surface area contributed by atoms with Gasteiger partial charge < -0.3 is 5.32 Å². The van der Waals surface area contributed by atoms with Crippen LogP contribution in [0.3, 0.4) is 0 Å². The second-order valence-electron chi connectivity index (χ2n) is 2.28. The lowest BCUT2D eigenvalue weighted by atomic mass is 10.5. The van der Waals surface area contributed by atoms with E-state index in [1.54, 1.807) is 13.8 Å². The van der Waals surface area contributed by atoms with Gasteiger partial charge in [0.05, 0.1) is 5.69 Å². The maximum Gasteiger partial charge on any atom is 0.225 e. The number of rotatable bonds is 2. The third kappa shape index (κ3) is 2.19. The van der Waals surface area contributed by atoms with Crippen molar-refractivity contribution in [3.05, 3.63) is 10.0 Å². The minimum absolute atomic E-state index is 0.0413. The van der Waals surface area contributed by atoms with Crippen LogP contribution in [0.25, 0.3) is 0 Å². The fourth-order valence-corrected chi connectivity index (χ4v) is 1.61. The van der Waals surface area contributed by atoms with Crippen LogP contribution in [0, 0.1) is 6.92 Å². The molecule has 5 heteroatoms. The molecular formula is C7H9ClN2OS. The van der Waals surface area contributed by atoms with Gasteiger partial charge >= 0.3 is 0 Å². The highest BCUT2D eigenvalue weighted by Gasteiger charge is 2.06. The van der Waals surface area contributed by atoms with Crippen molar-refractivity contribution in [1.29, 1.82) is 0 Å². The summed E-state index contributed by atoms with van der Waals surface area (Å²) in [5.74, 6) is -0.0413. The number of carbonyl (C=O) groups is 1. The third-order valence-corrected chi connectivity index (χ3v) is 2.67. The Hall–Kier alpha value is -0.610. The van der Waals surface area contributed by atoms with E-state index >= 15 is 0 Å². The summed E-state index contributed by atoms with van der Waals surface area (Å²) in [4.78, 5) is 15.0. The van der Waals surface area contributed by atoms with Crippen molar-refractivity contribution in [2.45, 2.75) is 20.3 Å². The number of aryl methyl sites for hydroxylation is 1. The first-order valence-corrected chi connectivity index (χ1v) is 4.75. The molecule has 0 aliphatic carbocycles. The maximum atomic E-state index is 10.9. The summed E-state index contributed by atoms with van der Waals surface area (Å²) in [6, 6.07) is 0. The molecule has 0 fully saturated rings. The van der Waals surface area contributed by atoms with Gasteiger partial charge in [0.25, 0.3) is 0 Å². The Morgan fingerprint density at radius 2 is 2.42 bits per heavy atom. The van der Waals surface area contributed by atoms with Crippen LogP contribution in [0.5, 0.6) is 0 Å². The molecule has 1 aromatic heterocycles. The van der Waals surface area contributed by atoms with Gasteiger partial charge in [0.2, 0.25) is 5.91 Å². The standard InChI is InChI=1S/C7H9ClN2OS/c1-3-5(11)10-7-9-4(2)6(8)12-7/h3H2,1-2H3,(H,9,10,11). The lowest BCUT2D eigenvalue weighted by Gasteiger charge is -1.95. The maximum absolute atomic E-state index is 10.9. The predicted octanol–water partition coefficient (Wildman–Crippen LogP) is 2.45. The predicted molar refractivity (Wildman–Crippen MR) is 50.8 cm³/mol. The number of halogens is 1. The molecule has 0 atom stereocenters. The van der Waals surface area contributed by atoms with E-state index in [9.17, 15) is 4.79 Å². The minimum Gasteiger partial charge on any atom is -0.302 e. The molecule has 3 nitrogen and oxygen atoms in total. The smallest absolute Gasteiger partial charge is 0.225 e. The summed E-state index contributed by atoms with van der Waals surface area (Å²) in [7, 11) is 0. The highest BCUT2D eigenvalue weighted by Crippen LogP contribution is 2.26. The van der Waals surface area contributed by atoms with E-state index in [1.807, 2.05) is 0 Å². The van der Waals surface area contributed by atoms with E-state index in [0.717, 1.165) is 5.69 Å². The summed E-state index contributed by atoms with van der Waals surface area (Å²) in [6.07, 6.45) is 0.455. The Bertz CT molecular complexity index is 278. The fourth-order valence-electron chi connectivity index (χ4n) is 0.639. The van der Waals surface area contributed by atoms with Gasteiger partial charge in [-0.2, -0.15) is 0 Å². The Morgan fingerprint density at radius 3 is 2.83 bits per heavy atom. The van der Waals surface area contributed by atoms with Gasteiger partial charge in [0.1, 0.15) is 4.34 Å². The molecular weight excluding hydrogens is 196 g/mol. The second kappa shape index (κ2) is 3.87. The summed E-state index contributed by atoms with van der Waals surface area (Å²) in [5, 5.41) is 3.21. The lowest BCUT2D eigenvalue weighted by molar-refractivity contribution is -0.115. The van der Waals surface area contributed by atoms with Crippen LogP contribution in [0.2, 0.25) is 4.34 Å². The summed E-state index contributed by atoms with van der Waals surface area (Å²) in [6.45, 7) is 3.60. The van der Waals surface area contributed by atoms with Crippen molar-refractivity contribution in [3.63, 3.8) is 0 Å². The van der Waals surface area contributed by atoms with E-state index in [2.05, 4.69) is 10.3 Å². The van der Waals surface area contributed by atoms with Crippen LogP contribution in [-0.4, -0.2) is 10.9 Å². The van der Waals surface area contributed by atoms with Crippen LogP contribution in [0.4, 0.5) is 5.13 Å². The molecule has 0 aliphatic heterocycles. The molecule has 0 saturated heterocycles. The topological polar surface area (TPSA) is 42.0 Å². The van der Waals surface area contributed by atoms with Gasteiger partial charge in [-0.3, -0.25) is 4.79 Å². The number of thiazole rings is 1. The number of hydrogen-bond donors (Lipinski definition) is 1. The SMILES string of the molecule is CCC(=O)Nc1nc(C)c(Cl)s1. The van der Waals surface area contributed by atoms with E-state index in [-0.39, 0.29) is 5.91 Å². The van der Waals surface area contributed by atoms with Crippen molar-refractivity contribution in [2.75, 3.05) is 5.32 Å².